The minimum atomic E-state index is -0.509. The number of amides is 2. The third kappa shape index (κ3) is 5.88. The highest BCUT2D eigenvalue weighted by Crippen LogP contribution is 2.34. The first-order valence-electron chi connectivity index (χ1n) is 10.0. The molecule has 1 fully saturated rings. The number of rotatable bonds is 4. The summed E-state index contributed by atoms with van der Waals surface area (Å²) < 4.78 is 5.63. The van der Waals surface area contributed by atoms with E-state index in [4.69, 9.17) is 4.74 Å². The van der Waals surface area contributed by atoms with Crippen molar-refractivity contribution < 1.29 is 14.3 Å². The standard InChI is InChI=1S/C22H35N3O3/c1-15-8-13-19(25(14-15)21(27)28-22(3,4)5)17-9-11-18(12-10-17)23-16(2)20(26)24(6)7/h9-12,15-16,19,23H,8,13-14H2,1-7H3/t15-,16-,19+/m1/s1. The number of likely N-dealkylation sites (N-methyl/N-ethyl adjacent to an activating group) is 1. The average molecular weight is 390 g/mol. The number of carbonyl (C=O) groups excluding carboxylic acids is 2. The van der Waals surface area contributed by atoms with Crippen LogP contribution in [-0.4, -0.2) is 54.1 Å². The van der Waals surface area contributed by atoms with Crippen LogP contribution in [0.4, 0.5) is 10.5 Å². The second-order valence-corrected chi connectivity index (χ2v) is 9.05. The minimum absolute atomic E-state index is 0.0148. The van der Waals surface area contributed by atoms with E-state index in [0.717, 1.165) is 24.1 Å². The quantitative estimate of drug-likeness (QED) is 0.835. The highest BCUT2D eigenvalue weighted by Gasteiger charge is 2.33. The second-order valence-electron chi connectivity index (χ2n) is 9.05. The Hall–Kier alpha value is -2.24. The van der Waals surface area contributed by atoms with E-state index in [-0.39, 0.29) is 24.1 Å². The molecule has 1 aliphatic heterocycles. The zero-order valence-electron chi connectivity index (χ0n) is 18.3. The predicted octanol–water partition coefficient (Wildman–Crippen LogP) is 4.28. The Kier molecular flexibility index (Phi) is 6.96. The number of likely N-dealkylation sites (tertiary alicyclic amines) is 1. The maximum Gasteiger partial charge on any atom is 0.410 e. The monoisotopic (exact) mass is 389 g/mol. The van der Waals surface area contributed by atoms with Gasteiger partial charge in [-0.3, -0.25) is 4.79 Å². The largest absolute Gasteiger partial charge is 0.444 e. The van der Waals surface area contributed by atoms with Crippen molar-refractivity contribution in [2.75, 3.05) is 26.0 Å². The molecule has 1 N–H and O–H groups in total. The van der Waals surface area contributed by atoms with Crippen molar-refractivity contribution in [3.05, 3.63) is 29.8 Å². The van der Waals surface area contributed by atoms with Gasteiger partial charge >= 0.3 is 6.09 Å². The van der Waals surface area contributed by atoms with E-state index in [2.05, 4.69) is 12.2 Å². The van der Waals surface area contributed by atoms with Crippen LogP contribution < -0.4 is 5.32 Å². The Morgan fingerprint density at radius 2 is 1.79 bits per heavy atom. The van der Waals surface area contributed by atoms with Crippen LogP contribution in [0.3, 0.4) is 0 Å². The van der Waals surface area contributed by atoms with Crippen LogP contribution in [-0.2, 0) is 9.53 Å². The Morgan fingerprint density at radius 1 is 1.18 bits per heavy atom. The van der Waals surface area contributed by atoms with Crippen LogP contribution in [0.15, 0.2) is 24.3 Å². The van der Waals surface area contributed by atoms with Crippen LogP contribution in [0.1, 0.15) is 59.1 Å². The van der Waals surface area contributed by atoms with Crippen molar-refractivity contribution in [2.45, 2.75) is 65.1 Å². The molecule has 3 atom stereocenters. The summed E-state index contributed by atoms with van der Waals surface area (Å²) in [6.45, 7) is 10.4. The van der Waals surface area contributed by atoms with Crippen LogP contribution in [0, 0.1) is 5.92 Å². The number of nitrogens with one attached hydrogen (secondary N) is 1. The molecule has 1 saturated heterocycles. The van der Waals surface area contributed by atoms with Gasteiger partial charge in [0.05, 0.1) is 6.04 Å². The Morgan fingerprint density at radius 3 is 2.32 bits per heavy atom. The molecule has 6 heteroatoms. The molecule has 156 valence electrons. The van der Waals surface area contributed by atoms with E-state index in [0.29, 0.717) is 12.5 Å². The first kappa shape index (κ1) is 22.1. The van der Waals surface area contributed by atoms with Gasteiger partial charge in [-0.15, -0.1) is 0 Å². The average Bonchev–Trinajstić information content (AvgIpc) is 2.60. The van der Waals surface area contributed by atoms with Crippen molar-refractivity contribution in [3.63, 3.8) is 0 Å². The van der Waals surface area contributed by atoms with Gasteiger partial charge in [-0.05, 0) is 64.2 Å². The van der Waals surface area contributed by atoms with Gasteiger partial charge in [0.15, 0.2) is 0 Å². The molecule has 0 saturated carbocycles. The number of hydrogen-bond acceptors (Lipinski definition) is 4. The predicted molar refractivity (Wildman–Crippen MR) is 112 cm³/mol. The van der Waals surface area contributed by atoms with Gasteiger partial charge in [0.2, 0.25) is 5.91 Å². The summed E-state index contributed by atoms with van der Waals surface area (Å²) in [6.07, 6.45) is 1.75. The van der Waals surface area contributed by atoms with Crippen LogP contribution >= 0.6 is 0 Å². The van der Waals surface area contributed by atoms with E-state index >= 15 is 0 Å². The van der Waals surface area contributed by atoms with E-state index in [9.17, 15) is 9.59 Å². The maximum absolute atomic E-state index is 12.7. The molecule has 1 aromatic rings. The summed E-state index contributed by atoms with van der Waals surface area (Å²) in [7, 11) is 3.50. The summed E-state index contributed by atoms with van der Waals surface area (Å²) >= 11 is 0. The van der Waals surface area contributed by atoms with Gasteiger partial charge in [-0.25, -0.2) is 4.79 Å². The van der Waals surface area contributed by atoms with Crippen molar-refractivity contribution in [2.24, 2.45) is 5.92 Å². The highest BCUT2D eigenvalue weighted by molar-refractivity contribution is 5.83. The Labute approximate surface area is 169 Å². The molecule has 28 heavy (non-hydrogen) atoms. The number of benzene rings is 1. The molecule has 0 aromatic heterocycles. The fourth-order valence-corrected chi connectivity index (χ4v) is 3.52. The summed E-state index contributed by atoms with van der Waals surface area (Å²) in [4.78, 5) is 28.2. The molecule has 0 spiro atoms. The summed E-state index contributed by atoms with van der Waals surface area (Å²) in [5.41, 5.74) is 1.47. The molecule has 0 aliphatic carbocycles. The first-order chi connectivity index (χ1) is 13.0. The molecule has 2 amide bonds. The van der Waals surface area contributed by atoms with Gasteiger partial charge in [0.25, 0.3) is 0 Å². The van der Waals surface area contributed by atoms with Crippen molar-refractivity contribution in [1.82, 2.24) is 9.80 Å². The molecule has 0 bridgehead atoms. The zero-order valence-corrected chi connectivity index (χ0v) is 18.3. The van der Waals surface area contributed by atoms with E-state index in [1.807, 2.05) is 56.9 Å². The fraction of sp³-hybridized carbons (Fsp3) is 0.636. The van der Waals surface area contributed by atoms with Crippen LogP contribution in [0.2, 0.25) is 0 Å². The summed E-state index contributed by atoms with van der Waals surface area (Å²) in [5.74, 6) is 0.490. The second kappa shape index (κ2) is 8.84. The van der Waals surface area contributed by atoms with Gasteiger partial charge in [0, 0.05) is 26.3 Å². The van der Waals surface area contributed by atoms with Gasteiger partial charge < -0.3 is 19.9 Å². The van der Waals surface area contributed by atoms with E-state index < -0.39 is 5.60 Å². The van der Waals surface area contributed by atoms with Crippen LogP contribution in [0.5, 0.6) is 0 Å². The van der Waals surface area contributed by atoms with Gasteiger partial charge in [-0.1, -0.05) is 19.1 Å². The van der Waals surface area contributed by atoms with Crippen molar-refractivity contribution in [3.8, 4) is 0 Å². The molecule has 1 aliphatic rings. The molecule has 1 aromatic carbocycles. The van der Waals surface area contributed by atoms with Crippen molar-refractivity contribution in [1.29, 1.82) is 0 Å². The molecular weight excluding hydrogens is 354 g/mol. The molecule has 0 radical (unpaired) electrons. The van der Waals surface area contributed by atoms with Gasteiger partial charge in [-0.2, -0.15) is 0 Å². The maximum atomic E-state index is 12.7. The Bertz CT molecular complexity index is 679. The van der Waals surface area contributed by atoms with Crippen molar-refractivity contribution >= 4 is 17.7 Å². The lowest BCUT2D eigenvalue weighted by Crippen LogP contribution is -2.44. The van der Waals surface area contributed by atoms with Crippen LogP contribution in [0.25, 0.3) is 0 Å². The molecule has 6 nitrogen and oxygen atoms in total. The third-order valence-corrected chi connectivity index (χ3v) is 4.94. The Balaban J connectivity index is 2.13. The number of nitrogens with zero attached hydrogens (tertiary/aromatic N) is 2. The molecule has 0 unspecified atom stereocenters. The molecule has 2 rings (SSSR count). The summed E-state index contributed by atoms with van der Waals surface area (Å²) in [5, 5.41) is 3.23. The van der Waals surface area contributed by atoms with E-state index in [1.54, 1.807) is 19.0 Å². The third-order valence-electron chi connectivity index (χ3n) is 4.94. The lowest BCUT2D eigenvalue weighted by molar-refractivity contribution is -0.129. The normalized spacial score (nSPS) is 21.0. The lowest BCUT2D eigenvalue weighted by atomic mass is 9.90. The highest BCUT2D eigenvalue weighted by atomic mass is 16.6. The number of carbonyl (C=O) groups is 2. The smallest absolute Gasteiger partial charge is 0.410 e. The number of piperidine rings is 1. The molecule has 1 heterocycles. The zero-order chi connectivity index (χ0) is 21.1. The number of hydrogen-bond donors (Lipinski definition) is 1. The number of anilines is 1. The lowest BCUT2D eigenvalue weighted by Gasteiger charge is -2.39. The van der Waals surface area contributed by atoms with E-state index in [1.165, 1.54) is 0 Å². The first-order valence-corrected chi connectivity index (χ1v) is 10.0. The van der Waals surface area contributed by atoms with Gasteiger partial charge in [0.1, 0.15) is 11.6 Å². The summed E-state index contributed by atoms with van der Waals surface area (Å²) in [6, 6.07) is 7.73. The SMILES string of the molecule is C[C@@H]1CC[C@@H](c2ccc(N[C@H](C)C(=O)N(C)C)cc2)N(C(=O)OC(C)(C)C)C1. The molecular formula is C22H35N3O3. The topological polar surface area (TPSA) is 61.9 Å². The minimum Gasteiger partial charge on any atom is -0.444 e. The number of ether oxygens (including phenoxy) is 1. The fourth-order valence-electron chi connectivity index (χ4n) is 3.52.